The van der Waals surface area contributed by atoms with Crippen molar-refractivity contribution in [1.29, 1.82) is 0 Å². The highest BCUT2D eigenvalue weighted by Crippen LogP contribution is 2.13. The Labute approximate surface area is 104 Å². The predicted octanol–water partition coefficient (Wildman–Crippen LogP) is 1.45. The van der Waals surface area contributed by atoms with Crippen LogP contribution in [0.25, 0.3) is 0 Å². The number of H-pyrrole nitrogens is 1. The molecule has 1 rings (SSSR count). The number of hydrogen-bond donors (Lipinski definition) is 2. The molecule has 0 aliphatic carbocycles. The molecule has 1 aromatic rings. The van der Waals surface area contributed by atoms with E-state index in [0.29, 0.717) is 28.8 Å². The number of nitrogens with one attached hydrogen (secondary N) is 1. The minimum absolute atomic E-state index is 0.105. The molecule has 0 spiro atoms. The van der Waals surface area contributed by atoms with Crippen LogP contribution in [0.2, 0.25) is 0 Å². The fourth-order valence-electron chi connectivity index (χ4n) is 1.43. The number of carboxylic acids is 1. The molecule has 1 aromatic heterocycles. The van der Waals surface area contributed by atoms with Crippen LogP contribution in [-0.2, 0) is 11.2 Å². The van der Waals surface area contributed by atoms with Gasteiger partial charge in [0.25, 0.3) is 5.56 Å². The smallest absolute Gasteiger partial charge is 0.313 e. The summed E-state index contributed by atoms with van der Waals surface area (Å²) in [6, 6.07) is 0. The highest BCUT2D eigenvalue weighted by molar-refractivity contribution is 7.99. The van der Waals surface area contributed by atoms with E-state index >= 15 is 0 Å². The SMILES string of the molecule is Cc1nc(SCC(=O)O)[nH]c(=O)c1CC(C)C. The summed E-state index contributed by atoms with van der Waals surface area (Å²) in [5, 5.41) is 8.91. The lowest BCUT2D eigenvalue weighted by Gasteiger charge is -2.08. The second-order valence-corrected chi connectivity index (χ2v) is 5.18. The van der Waals surface area contributed by atoms with Gasteiger partial charge in [-0.15, -0.1) is 0 Å². The van der Waals surface area contributed by atoms with Crippen molar-refractivity contribution in [3.63, 3.8) is 0 Å². The molecule has 6 heteroatoms. The Morgan fingerprint density at radius 2 is 2.18 bits per heavy atom. The molecule has 2 N–H and O–H groups in total. The average Bonchev–Trinajstić information content (AvgIpc) is 2.20. The summed E-state index contributed by atoms with van der Waals surface area (Å²) in [5.74, 6) is -0.651. The van der Waals surface area contributed by atoms with Gasteiger partial charge in [0.15, 0.2) is 5.16 Å². The lowest BCUT2D eigenvalue weighted by atomic mass is 10.0. The number of aryl methyl sites for hydroxylation is 1. The number of aromatic nitrogens is 2. The van der Waals surface area contributed by atoms with Gasteiger partial charge in [0.2, 0.25) is 0 Å². The summed E-state index contributed by atoms with van der Waals surface area (Å²) in [5.41, 5.74) is 1.19. The summed E-state index contributed by atoms with van der Waals surface area (Å²) in [6.45, 7) is 5.84. The molecule has 0 fully saturated rings. The number of carboxylic acid groups (broad SMARTS) is 1. The second-order valence-electron chi connectivity index (χ2n) is 4.22. The summed E-state index contributed by atoms with van der Waals surface area (Å²) in [7, 11) is 0. The molecule has 0 aliphatic rings. The maximum atomic E-state index is 11.8. The van der Waals surface area contributed by atoms with E-state index in [2.05, 4.69) is 9.97 Å². The van der Waals surface area contributed by atoms with Crippen LogP contribution < -0.4 is 5.56 Å². The number of rotatable bonds is 5. The van der Waals surface area contributed by atoms with E-state index in [0.717, 1.165) is 11.8 Å². The number of nitrogens with zero attached hydrogens (tertiary/aromatic N) is 1. The first-order valence-corrected chi connectivity index (χ1v) is 6.33. The first kappa shape index (κ1) is 13.8. The predicted molar refractivity (Wildman–Crippen MR) is 66.5 cm³/mol. The number of thioether (sulfide) groups is 1. The first-order chi connectivity index (χ1) is 7.90. The molecule has 0 aromatic carbocycles. The second kappa shape index (κ2) is 5.86. The highest BCUT2D eigenvalue weighted by Gasteiger charge is 2.10. The zero-order valence-electron chi connectivity index (χ0n) is 10.1. The van der Waals surface area contributed by atoms with Gasteiger partial charge < -0.3 is 10.1 Å². The van der Waals surface area contributed by atoms with Gasteiger partial charge in [-0.2, -0.15) is 0 Å². The van der Waals surface area contributed by atoms with Crippen molar-refractivity contribution in [3.05, 3.63) is 21.6 Å². The van der Waals surface area contributed by atoms with E-state index in [9.17, 15) is 9.59 Å². The third-order valence-corrected chi connectivity index (χ3v) is 3.00. The van der Waals surface area contributed by atoms with E-state index in [1.807, 2.05) is 13.8 Å². The lowest BCUT2D eigenvalue weighted by molar-refractivity contribution is -0.133. The maximum absolute atomic E-state index is 11.8. The van der Waals surface area contributed by atoms with E-state index in [4.69, 9.17) is 5.11 Å². The van der Waals surface area contributed by atoms with Crippen LogP contribution in [0.15, 0.2) is 9.95 Å². The minimum atomic E-state index is -0.929. The number of carbonyl (C=O) groups is 1. The van der Waals surface area contributed by atoms with E-state index in [1.165, 1.54) is 0 Å². The third kappa shape index (κ3) is 4.22. The van der Waals surface area contributed by atoms with Crippen LogP contribution in [0.1, 0.15) is 25.1 Å². The van der Waals surface area contributed by atoms with Crippen molar-refractivity contribution >= 4 is 17.7 Å². The standard InChI is InChI=1S/C11H16N2O3S/c1-6(2)4-8-7(3)12-11(13-10(8)16)17-5-9(14)15/h6H,4-5H2,1-3H3,(H,14,15)(H,12,13,16). The molecular weight excluding hydrogens is 240 g/mol. The van der Waals surface area contributed by atoms with Gasteiger partial charge in [0.1, 0.15) is 0 Å². The molecule has 0 unspecified atom stereocenters. The lowest BCUT2D eigenvalue weighted by Crippen LogP contribution is -2.19. The van der Waals surface area contributed by atoms with Gasteiger partial charge in [-0.3, -0.25) is 9.59 Å². The van der Waals surface area contributed by atoms with Gasteiger partial charge in [0, 0.05) is 11.3 Å². The fourth-order valence-corrected chi connectivity index (χ4v) is 2.06. The minimum Gasteiger partial charge on any atom is -0.481 e. The molecule has 0 saturated carbocycles. The van der Waals surface area contributed by atoms with Crippen molar-refractivity contribution in [2.45, 2.75) is 32.3 Å². The topological polar surface area (TPSA) is 83.0 Å². The molecule has 0 saturated heterocycles. The van der Waals surface area contributed by atoms with Crippen molar-refractivity contribution in [2.24, 2.45) is 5.92 Å². The van der Waals surface area contributed by atoms with Gasteiger partial charge >= 0.3 is 5.97 Å². The normalized spacial score (nSPS) is 10.8. The van der Waals surface area contributed by atoms with Crippen molar-refractivity contribution in [1.82, 2.24) is 9.97 Å². The Balaban J connectivity index is 2.93. The summed E-state index contributed by atoms with van der Waals surface area (Å²) in [6.07, 6.45) is 0.679. The molecule has 17 heavy (non-hydrogen) atoms. The van der Waals surface area contributed by atoms with Gasteiger partial charge in [-0.05, 0) is 19.3 Å². The Morgan fingerprint density at radius 3 is 2.65 bits per heavy atom. The zero-order valence-corrected chi connectivity index (χ0v) is 10.9. The summed E-state index contributed by atoms with van der Waals surface area (Å²) in [4.78, 5) is 29.0. The Kier molecular flexibility index (Phi) is 4.74. The molecular formula is C11H16N2O3S. The monoisotopic (exact) mass is 256 g/mol. The van der Waals surface area contributed by atoms with Crippen molar-refractivity contribution in [2.75, 3.05) is 5.75 Å². The Morgan fingerprint density at radius 1 is 1.53 bits per heavy atom. The molecule has 94 valence electrons. The van der Waals surface area contributed by atoms with Crippen LogP contribution in [0.5, 0.6) is 0 Å². The van der Waals surface area contributed by atoms with E-state index < -0.39 is 5.97 Å². The van der Waals surface area contributed by atoms with Crippen LogP contribution in [0.4, 0.5) is 0 Å². The third-order valence-electron chi connectivity index (χ3n) is 2.15. The van der Waals surface area contributed by atoms with Gasteiger partial charge in [0.05, 0.1) is 5.75 Å². The van der Waals surface area contributed by atoms with Crippen molar-refractivity contribution in [3.8, 4) is 0 Å². The molecule has 0 bridgehead atoms. The van der Waals surface area contributed by atoms with Gasteiger partial charge in [-0.1, -0.05) is 25.6 Å². The quantitative estimate of drug-likeness (QED) is 0.615. The number of aliphatic carboxylic acids is 1. The van der Waals surface area contributed by atoms with Crippen LogP contribution in [0.3, 0.4) is 0 Å². The summed E-state index contributed by atoms with van der Waals surface area (Å²) >= 11 is 1.02. The van der Waals surface area contributed by atoms with Crippen molar-refractivity contribution < 1.29 is 9.90 Å². The molecule has 0 aliphatic heterocycles. The van der Waals surface area contributed by atoms with Crippen LogP contribution >= 0.6 is 11.8 Å². The van der Waals surface area contributed by atoms with Crippen LogP contribution in [-0.4, -0.2) is 26.8 Å². The number of hydrogen-bond acceptors (Lipinski definition) is 4. The Bertz CT molecular complexity index is 468. The molecule has 0 radical (unpaired) electrons. The molecule has 1 heterocycles. The van der Waals surface area contributed by atoms with Gasteiger partial charge in [-0.25, -0.2) is 4.98 Å². The molecule has 0 amide bonds. The van der Waals surface area contributed by atoms with E-state index in [-0.39, 0.29) is 11.3 Å². The fraction of sp³-hybridized carbons (Fsp3) is 0.545. The molecule has 5 nitrogen and oxygen atoms in total. The highest BCUT2D eigenvalue weighted by atomic mass is 32.2. The molecule has 0 atom stereocenters. The summed E-state index contributed by atoms with van der Waals surface area (Å²) < 4.78 is 0. The van der Waals surface area contributed by atoms with E-state index in [1.54, 1.807) is 6.92 Å². The maximum Gasteiger partial charge on any atom is 0.313 e. The Hall–Kier alpha value is -1.30. The van der Waals surface area contributed by atoms with Crippen LogP contribution in [0, 0.1) is 12.8 Å². The number of aromatic amines is 1. The zero-order chi connectivity index (χ0) is 13.0. The first-order valence-electron chi connectivity index (χ1n) is 5.34. The average molecular weight is 256 g/mol. The largest absolute Gasteiger partial charge is 0.481 e.